The van der Waals surface area contributed by atoms with Gasteiger partial charge in [0.2, 0.25) is 0 Å². The third kappa shape index (κ3) is 3.21. The molecule has 84 valence electrons. The topological polar surface area (TPSA) is 42.7 Å². The average Bonchev–Trinajstić information content (AvgIpc) is 2.66. The maximum atomic E-state index is 4.18. The Bertz CT molecular complexity index is 293. The zero-order chi connectivity index (χ0) is 10.5. The number of thioether (sulfide) groups is 1. The van der Waals surface area contributed by atoms with Crippen LogP contribution in [-0.2, 0) is 13.6 Å². The van der Waals surface area contributed by atoms with Crippen LogP contribution in [0.5, 0.6) is 0 Å². The summed E-state index contributed by atoms with van der Waals surface area (Å²) in [4.78, 5) is 4.18. The lowest BCUT2D eigenvalue weighted by Crippen LogP contribution is -2.27. The summed E-state index contributed by atoms with van der Waals surface area (Å²) < 4.78 is 1.82. The van der Waals surface area contributed by atoms with Crippen LogP contribution in [0.1, 0.15) is 25.1 Å². The fraction of sp³-hybridized carbons (Fsp3) is 0.800. The number of hydrogen-bond acceptors (Lipinski definition) is 4. The van der Waals surface area contributed by atoms with Crippen LogP contribution >= 0.6 is 11.8 Å². The van der Waals surface area contributed by atoms with Crippen molar-refractivity contribution in [1.29, 1.82) is 0 Å². The van der Waals surface area contributed by atoms with E-state index in [9.17, 15) is 0 Å². The molecule has 15 heavy (non-hydrogen) atoms. The van der Waals surface area contributed by atoms with Crippen LogP contribution in [0, 0.1) is 0 Å². The lowest BCUT2D eigenvalue weighted by atomic mass is 10.2. The summed E-state index contributed by atoms with van der Waals surface area (Å²) in [6.07, 6.45) is 5.75. The van der Waals surface area contributed by atoms with Crippen molar-refractivity contribution < 1.29 is 0 Å². The minimum Gasteiger partial charge on any atom is -0.309 e. The predicted molar refractivity (Wildman–Crippen MR) is 62.8 cm³/mol. The third-order valence-electron chi connectivity index (χ3n) is 2.73. The zero-order valence-electron chi connectivity index (χ0n) is 9.15. The highest BCUT2D eigenvalue weighted by Crippen LogP contribution is 2.24. The SMILES string of the molecule is Cn1ncnc1CNCC1CCCCS1. The summed E-state index contributed by atoms with van der Waals surface area (Å²) in [5.41, 5.74) is 0. The average molecular weight is 226 g/mol. The van der Waals surface area contributed by atoms with Crippen molar-refractivity contribution in [3.63, 3.8) is 0 Å². The van der Waals surface area contributed by atoms with E-state index < -0.39 is 0 Å². The molecule has 2 rings (SSSR count). The number of nitrogens with zero attached hydrogens (tertiary/aromatic N) is 3. The van der Waals surface area contributed by atoms with E-state index in [0.717, 1.165) is 24.2 Å². The van der Waals surface area contributed by atoms with E-state index in [1.165, 1.54) is 25.0 Å². The maximum Gasteiger partial charge on any atom is 0.140 e. The fourth-order valence-electron chi connectivity index (χ4n) is 1.79. The Labute approximate surface area is 94.8 Å². The third-order valence-corrected chi connectivity index (χ3v) is 4.13. The summed E-state index contributed by atoms with van der Waals surface area (Å²) in [6, 6.07) is 0. The first-order valence-corrected chi connectivity index (χ1v) is 6.56. The lowest BCUT2D eigenvalue weighted by Gasteiger charge is -2.21. The molecule has 2 heterocycles. The molecule has 1 N–H and O–H groups in total. The van der Waals surface area contributed by atoms with Crippen LogP contribution in [0.4, 0.5) is 0 Å². The Balaban J connectivity index is 1.68. The van der Waals surface area contributed by atoms with Crippen LogP contribution in [0.15, 0.2) is 6.33 Å². The van der Waals surface area contributed by atoms with Gasteiger partial charge in [-0.15, -0.1) is 0 Å². The van der Waals surface area contributed by atoms with E-state index in [4.69, 9.17) is 0 Å². The molecule has 0 radical (unpaired) electrons. The van der Waals surface area contributed by atoms with Crippen LogP contribution in [-0.4, -0.2) is 32.3 Å². The van der Waals surface area contributed by atoms with Crippen molar-refractivity contribution >= 4 is 11.8 Å². The van der Waals surface area contributed by atoms with E-state index >= 15 is 0 Å². The molecule has 1 unspecified atom stereocenters. The van der Waals surface area contributed by atoms with E-state index in [1.807, 2.05) is 11.7 Å². The van der Waals surface area contributed by atoms with Gasteiger partial charge in [0.1, 0.15) is 12.2 Å². The first kappa shape index (κ1) is 11.0. The molecule has 0 bridgehead atoms. The minimum absolute atomic E-state index is 0.798. The molecule has 0 spiro atoms. The van der Waals surface area contributed by atoms with E-state index in [0.29, 0.717) is 0 Å². The van der Waals surface area contributed by atoms with Gasteiger partial charge in [-0.1, -0.05) is 6.42 Å². The number of nitrogens with one attached hydrogen (secondary N) is 1. The quantitative estimate of drug-likeness (QED) is 0.837. The molecule has 4 nitrogen and oxygen atoms in total. The fourth-order valence-corrected chi connectivity index (χ4v) is 3.07. The molecule has 0 aliphatic carbocycles. The molecule has 1 saturated heterocycles. The van der Waals surface area contributed by atoms with Crippen LogP contribution in [0.2, 0.25) is 0 Å². The summed E-state index contributed by atoms with van der Waals surface area (Å²) in [5, 5.41) is 8.29. The van der Waals surface area contributed by atoms with Crippen LogP contribution in [0.25, 0.3) is 0 Å². The lowest BCUT2D eigenvalue weighted by molar-refractivity contribution is 0.571. The largest absolute Gasteiger partial charge is 0.309 e. The van der Waals surface area contributed by atoms with Gasteiger partial charge in [-0.2, -0.15) is 16.9 Å². The first-order chi connectivity index (χ1) is 7.36. The van der Waals surface area contributed by atoms with Crippen LogP contribution < -0.4 is 5.32 Å². The molecule has 1 aliphatic heterocycles. The monoisotopic (exact) mass is 226 g/mol. The maximum absolute atomic E-state index is 4.18. The van der Waals surface area contributed by atoms with Gasteiger partial charge in [0, 0.05) is 18.8 Å². The molecule has 1 aromatic heterocycles. The van der Waals surface area contributed by atoms with Crippen molar-refractivity contribution in [1.82, 2.24) is 20.1 Å². The van der Waals surface area contributed by atoms with Crippen molar-refractivity contribution in [2.45, 2.75) is 31.1 Å². The van der Waals surface area contributed by atoms with E-state index in [-0.39, 0.29) is 0 Å². The molecule has 0 aromatic carbocycles. The van der Waals surface area contributed by atoms with Gasteiger partial charge < -0.3 is 5.32 Å². The number of aromatic nitrogens is 3. The standard InChI is InChI=1S/C10H18N4S/c1-14-10(12-8-13-14)7-11-6-9-4-2-3-5-15-9/h8-9,11H,2-7H2,1H3. The Morgan fingerprint density at radius 1 is 1.60 bits per heavy atom. The van der Waals surface area contributed by atoms with Crippen molar-refractivity contribution in [2.75, 3.05) is 12.3 Å². The van der Waals surface area contributed by atoms with E-state index in [2.05, 4.69) is 27.2 Å². The van der Waals surface area contributed by atoms with Gasteiger partial charge in [0.05, 0.1) is 6.54 Å². The van der Waals surface area contributed by atoms with Gasteiger partial charge in [-0.3, -0.25) is 4.68 Å². The molecular weight excluding hydrogens is 208 g/mol. The number of aryl methyl sites for hydroxylation is 1. The van der Waals surface area contributed by atoms with Gasteiger partial charge >= 0.3 is 0 Å². The molecule has 1 aliphatic rings. The summed E-state index contributed by atoms with van der Waals surface area (Å²) in [7, 11) is 1.93. The van der Waals surface area contributed by atoms with Gasteiger partial charge in [-0.25, -0.2) is 4.98 Å². The number of hydrogen-bond donors (Lipinski definition) is 1. The van der Waals surface area contributed by atoms with Gasteiger partial charge in [-0.05, 0) is 18.6 Å². The van der Waals surface area contributed by atoms with E-state index in [1.54, 1.807) is 6.33 Å². The Morgan fingerprint density at radius 2 is 2.53 bits per heavy atom. The zero-order valence-corrected chi connectivity index (χ0v) is 9.96. The second-order valence-corrected chi connectivity index (χ2v) is 5.33. The highest BCUT2D eigenvalue weighted by atomic mass is 32.2. The number of rotatable bonds is 4. The molecule has 0 saturated carbocycles. The van der Waals surface area contributed by atoms with Gasteiger partial charge in [0.25, 0.3) is 0 Å². The minimum atomic E-state index is 0.798. The molecule has 1 atom stereocenters. The molecule has 1 fully saturated rings. The second-order valence-electron chi connectivity index (χ2n) is 3.92. The molecule has 1 aromatic rings. The van der Waals surface area contributed by atoms with Crippen molar-refractivity contribution in [3.8, 4) is 0 Å². The second kappa shape index (κ2) is 5.51. The Kier molecular flexibility index (Phi) is 4.02. The predicted octanol–water partition coefficient (Wildman–Crippen LogP) is 1.19. The van der Waals surface area contributed by atoms with Crippen molar-refractivity contribution in [3.05, 3.63) is 12.2 Å². The Morgan fingerprint density at radius 3 is 3.20 bits per heavy atom. The highest BCUT2D eigenvalue weighted by Gasteiger charge is 2.13. The molecule has 5 heteroatoms. The summed E-state index contributed by atoms with van der Waals surface area (Å²) in [6.45, 7) is 1.92. The normalized spacial score (nSPS) is 21.8. The van der Waals surface area contributed by atoms with Crippen molar-refractivity contribution in [2.24, 2.45) is 7.05 Å². The summed E-state index contributed by atoms with van der Waals surface area (Å²) in [5.74, 6) is 2.34. The van der Waals surface area contributed by atoms with Gasteiger partial charge in [0.15, 0.2) is 0 Å². The Hall–Kier alpha value is -0.550. The van der Waals surface area contributed by atoms with Crippen LogP contribution in [0.3, 0.4) is 0 Å². The smallest absolute Gasteiger partial charge is 0.140 e. The molecule has 0 amide bonds. The highest BCUT2D eigenvalue weighted by molar-refractivity contribution is 7.99. The first-order valence-electron chi connectivity index (χ1n) is 5.51. The summed E-state index contributed by atoms with van der Waals surface area (Å²) >= 11 is 2.10. The molecular formula is C10H18N4S.